The molecule has 0 saturated heterocycles. The molecule has 3 aromatic rings. The molecule has 0 radical (unpaired) electrons. The maximum absolute atomic E-state index is 11.0. The standard InChI is InChI=1S/C16H12ClN5O/c1-9(23)19-6-11-2-10-3-14(17)13(4-15(10)22-11)16-8-20-12(5-18)7-21-16/h2-4,7-8,22H,6H2,1H3,(H,19,23). The molecule has 0 fully saturated rings. The Bertz CT molecular complexity index is 924. The second-order valence-electron chi connectivity index (χ2n) is 5.02. The second-order valence-corrected chi connectivity index (χ2v) is 5.43. The van der Waals surface area contributed by atoms with Gasteiger partial charge in [0.1, 0.15) is 6.07 Å². The molecule has 0 saturated carbocycles. The fraction of sp³-hybridized carbons (Fsp3) is 0.125. The summed E-state index contributed by atoms with van der Waals surface area (Å²) in [7, 11) is 0. The summed E-state index contributed by atoms with van der Waals surface area (Å²) in [6, 6.07) is 7.58. The van der Waals surface area contributed by atoms with Crippen molar-refractivity contribution in [3.8, 4) is 17.3 Å². The summed E-state index contributed by atoms with van der Waals surface area (Å²) in [4.78, 5) is 22.5. The summed E-state index contributed by atoms with van der Waals surface area (Å²) in [5.41, 5.74) is 3.34. The quantitative estimate of drug-likeness (QED) is 0.774. The van der Waals surface area contributed by atoms with Gasteiger partial charge in [0.15, 0.2) is 5.69 Å². The molecule has 2 aromatic heterocycles. The first-order chi connectivity index (χ1) is 11.1. The molecule has 0 aliphatic heterocycles. The smallest absolute Gasteiger partial charge is 0.217 e. The number of carbonyl (C=O) groups excluding carboxylic acids is 1. The molecule has 2 N–H and O–H groups in total. The topological polar surface area (TPSA) is 94.5 Å². The van der Waals surface area contributed by atoms with E-state index < -0.39 is 0 Å². The van der Waals surface area contributed by atoms with Crippen molar-refractivity contribution in [3.63, 3.8) is 0 Å². The van der Waals surface area contributed by atoms with Crippen LogP contribution in [0.4, 0.5) is 0 Å². The predicted molar refractivity (Wildman–Crippen MR) is 86.6 cm³/mol. The van der Waals surface area contributed by atoms with E-state index in [0.717, 1.165) is 22.2 Å². The largest absolute Gasteiger partial charge is 0.357 e. The lowest BCUT2D eigenvalue weighted by atomic mass is 10.1. The number of carbonyl (C=O) groups is 1. The lowest BCUT2D eigenvalue weighted by Crippen LogP contribution is -2.18. The molecule has 1 amide bonds. The van der Waals surface area contributed by atoms with Crippen LogP contribution < -0.4 is 5.32 Å². The molecule has 1 aromatic carbocycles. The van der Waals surface area contributed by atoms with Gasteiger partial charge in [0.2, 0.25) is 5.91 Å². The monoisotopic (exact) mass is 325 g/mol. The molecule has 0 spiro atoms. The zero-order chi connectivity index (χ0) is 16.4. The number of aromatic amines is 1. The van der Waals surface area contributed by atoms with Crippen LogP contribution in [0.15, 0.2) is 30.6 Å². The van der Waals surface area contributed by atoms with Gasteiger partial charge in [-0.25, -0.2) is 4.98 Å². The van der Waals surface area contributed by atoms with Crippen molar-refractivity contribution in [2.75, 3.05) is 0 Å². The Morgan fingerprint density at radius 2 is 2.17 bits per heavy atom. The van der Waals surface area contributed by atoms with Gasteiger partial charge < -0.3 is 10.3 Å². The Labute approximate surface area is 137 Å². The Hall–Kier alpha value is -2.91. The van der Waals surface area contributed by atoms with E-state index in [1.165, 1.54) is 19.3 Å². The molecule has 114 valence electrons. The minimum Gasteiger partial charge on any atom is -0.357 e. The Balaban J connectivity index is 1.99. The number of benzene rings is 1. The molecular weight excluding hydrogens is 314 g/mol. The molecule has 2 heterocycles. The van der Waals surface area contributed by atoms with Gasteiger partial charge in [-0.1, -0.05) is 11.6 Å². The Kier molecular flexibility index (Phi) is 3.96. The fourth-order valence-corrected chi connectivity index (χ4v) is 2.52. The van der Waals surface area contributed by atoms with Crippen molar-refractivity contribution >= 4 is 28.4 Å². The molecule has 0 bridgehead atoms. The van der Waals surface area contributed by atoms with E-state index in [1.807, 2.05) is 24.3 Å². The SMILES string of the molecule is CC(=O)NCc1cc2cc(Cl)c(-c3cnc(C#N)cn3)cc2[nH]1. The normalized spacial score (nSPS) is 10.5. The minimum absolute atomic E-state index is 0.0877. The van der Waals surface area contributed by atoms with Crippen molar-refractivity contribution in [1.82, 2.24) is 20.3 Å². The maximum Gasteiger partial charge on any atom is 0.217 e. The van der Waals surface area contributed by atoms with Gasteiger partial charge in [-0.3, -0.25) is 9.78 Å². The van der Waals surface area contributed by atoms with Gasteiger partial charge in [-0.2, -0.15) is 5.26 Å². The van der Waals surface area contributed by atoms with Crippen LogP contribution in [0.1, 0.15) is 18.3 Å². The summed E-state index contributed by atoms with van der Waals surface area (Å²) in [5.74, 6) is -0.0877. The average Bonchev–Trinajstić information content (AvgIpc) is 2.94. The van der Waals surface area contributed by atoms with E-state index in [4.69, 9.17) is 16.9 Å². The number of hydrogen-bond donors (Lipinski definition) is 2. The Morgan fingerprint density at radius 1 is 1.35 bits per heavy atom. The lowest BCUT2D eigenvalue weighted by molar-refractivity contribution is -0.119. The highest BCUT2D eigenvalue weighted by Gasteiger charge is 2.10. The van der Waals surface area contributed by atoms with Gasteiger partial charge >= 0.3 is 0 Å². The van der Waals surface area contributed by atoms with Gasteiger partial charge in [0.25, 0.3) is 0 Å². The number of halogens is 1. The van der Waals surface area contributed by atoms with Crippen LogP contribution in [-0.2, 0) is 11.3 Å². The zero-order valence-electron chi connectivity index (χ0n) is 12.2. The van der Waals surface area contributed by atoms with Gasteiger partial charge in [-0.15, -0.1) is 0 Å². The van der Waals surface area contributed by atoms with Gasteiger partial charge in [-0.05, 0) is 18.2 Å². The molecule has 6 nitrogen and oxygen atoms in total. The molecule has 23 heavy (non-hydrogen) atoms. The van der Waals surface area contributed by atoms with Crippen LogP contribution >= 0.6 is 11.6 Å². The second kappa shape index (κ2) is 6.07. The van der Waals surface area contributed by atoms with Crippen molar-refractivity contribution in [1.29, 1.82) is 5.26 Å². The molecule has 0 aliphatic rings. The lowest BCUT2D eigenvalue weighted by Gasteiger charge is -2.03. The number of rotatable bonds is 3. The zero-order valence-corrected chi connectivity index (χ0v) is 13.0. The Morgan fingerprint density at radius 3 is 2.83 bits per heavy atom. The van der Waals surface area contributed by atoms with E-state index in [9.17, 15) is 4.79 Å². The molecule has 7 heteroatoms. The third kappa shape index (κ3) is 3.15. The molecular formula is C16H12ClN5O. The van der Waals surface area contributed by atoms with E-state index in [1.54, 1.807) is 0 Å². The summed E-state index contributed by atoms with van der Waals surface area (Å²) in [6.45, 7) is 1.90. The van der Waals surface area contributed by atoms with E-state index >= 15 is 0 Å². The number of amides is 1. The number of nitrogens with one attached hydrogen (secondary N) is 2. The van der Waals surface area contributed by atoms with Crippen molar-refractivity contribution in [2.45, 2.75) is 13.5 Å². The third-order valence-corrected chi connectivity index (χ3v) is 3.65. The van der Waals surface area contributed by atoms with Crippen LogP contribution in [0.25, 0.3) is 22.2 Å². The number of nitrogens with zero attached hydrogens (tertiary/aromatic N) is 3. The minimum atomic E-state index is -0.0877. The van der Waals surface area contributed by atoms with E-state index in [0.29, 0.717) is 17.3 Å². The summed E-state index contributed by atoms with van der Waals surface area (Å²) >= 11 is 6.33. The fourth-order valence-electron chi connectivity index (χ4n) is 2.25. The van der Waals surface area contributed by atoms with Crippen LogP contribution in [0.3, 0.4) is 0 Å². The molecule has 0 aliphatic carbocycles. The number of hydrogen-bond acceptors (Lipinski definition) is 4. The average molecular weight is 326 g/mol. The highest BCUT2D eigenvalue weighted by molar-refractivity contribution is 6.34. The number of fused-ring (bicyclic) bond motifs is 1. The van der Waals surface area contributed by atoms with Gasteiger partial charge in [0, 0.05) is 29.1 Å². The van der Waals surface area contributed by atoms with Crippen molar-refractivity contribution < 1.29 is 4.79 Å². The molecule has 3 rings (SSSR count). The van der Waals surface area contributed by atoms with E-state index in [-0.39, 0.29) is 11.6 Å². The van der Waals surface area contributed by atoms with Crippen molar-refractivity contribution in [2.24, 2.45) is 0 Å². The first-order valence-electron chi connectivity index (χ1n) is 6.85. The van der Waals surface area contributed by atoms with E-state index in [2.05, 4.69) is 20.3 Å². The van der Waals surface area contributed by atoms with Crippen LogP contribution in [0, 0.1) is 11.3 Å². The highest BCUT2D eigenvalue weighted by atomic mass is 35.5. The molecule has 0 atom stereocenters. The number of nitriles is 1. The third-order valence-electron chi connectivity index (χ3n) is 3.33. The van der Waals surface area contributed by atoms with Crippen LogP contribution in [-0.4, -0.2) is 20.9 Å². The van der Waals surface area contributed by atoms with Crippen molar-refractivity contribution in [3.05, 3.63) is 47.0 Å². The summed E-state index contributed by atoms with van der Waals surface area (Å²) < 4.78 is 0. The van der Waals surface area contributed by atoms with Crippen LogP contribution in [0.2, 0.25) is 5.02 Å². The highest BCUT2D eigenvalue weighted by Crippen LogP contribution is 2.31. The summed E-state index contributed by atoms with van der Waals surface area (Å²) in [6.07, 6.45) is 2.93. The first-order valence-corrected chi connectivity index (χ1v) is 7.22. The molecule has 0 unspecified atom stereocenters. The number of H-pyrrole nitrogens is 1. The number of aromatic nitrogens is 3. The van der Waals surface area contributed by atoms with Crippen LogP contribution in [0.5, 0.6) is 0 Å². The summed E-state index contributed by atoms with van der Waals surface area (Å²) in [5, 5.41) is 13.0. The first kappa shape index (κ1) is 15.0. The predicted octanol–water partition coefficient (Wildman–Crippen LogP) is 2.79. The maximum atomic E-state index is 11.0. The van der Waals surface area contributed by atoms with Gasteiger partial charge in [0.05, 0.1) is 29.7 Å².